The van der Waals surface area contributed by atoms with Crippen LogP contribution in [0.15, 0.2) is 78.9 Å². The van der Waals surface area contributed by atoms with Crippen molar-refractivity contribution < 1.29 is 14.6 Å². The van der Waals surface area contributed by atoms with E-state index in [0.717, 1.165) is 44.3 Å². The summed E-state index contributed by atoms with van der Waals surface area (Å²) in [6.07, 6.45) is 0. The SMILES string of the molecule is COc1cccc(C(C)NCc2cc(-c3ccc(C)c(C(=O)O)c3)c3ccccc3c2)c1. The lowest BCUT2D eigenvalue weighted by molar-refractivity contribution is 0.0696. The molecule has 32 heavy (non-hydrogen) atoms. The zero-order valence-corrected chi connectivity index (χ0v) is 18.6. The molecule has 4 aromatic rings. The first-order valence-corrected chi connectivity index (χ1v) is 10.7. The van der Waals surface area contributed by atoms with Crippen molar-refractivity contribution in [2.45, 2.75) is 26.4 Å². The smallest absolute Gasteiger partial charge is 0.335 e. The van der Waals surface area contributed by atoms with E-state index in [9.17, 15) is 9.90 Å². The van der Waals surface area contributed by atoms with Crippen molar-refractivity contribution in [3.8, 4) is 16.9 Å². The Labute approximate surface area is 188 Å². The second kappa shape index (κ2) is 9.25. The molecule has 0 aliphatic carbocycles. The van der Waals surface area contributed by atoms with Crippen LogP contribution >= 0.6 is 0 Å². The van der Waals surface area contributed by atoms with E-state index in [1.54, 1.807) is 13.2 Å². The average molecular weight is 426 g/mol. The van der Waals surface area contributed by atoms with E-state index in [-0.39, 0.29) is 6.04 Å². The standard InChI is InChI=1S/C28H27NO3/c1-18-11-12-23(16-26(18)28(30)31)27-14-20(13-22-7-4-5-10-25(22)27)17-29-19(2)21-8-6-9-24(15-21)32-3/h4-16,19,29H,17H2,1-3H3,(H,30,31). The Kier molecular flexibility index (Phi) is 6.24. The predicted molar refractivity (Wildman–Crippen MR) is 129 cm³/mol. The van der Waals surface area contributed by atoms with Gasteiger partial charge in [0.2, 0.25) is 0 Å². The zero-order chi connectivity index (χ0) is 22.7. The van der Waals surface area contributed by atoms with Crippen LogP contribution in [0.2, 0.25) is 0 Å². The number of carbonyl (C=O) groups is 1. The topological polar surface area (TPSA) is 58.6 Å². The van der Waals surface area contributed by atoms with Gasteiger partial charge < -0.3 is 15.2 Å². The van der Waals surface area contributed by atoms with Gasteiger partial charge >= 0.3 is 5.97 Å². The second-order valence-corrected chi connectivity index (χ2v) is 8.08. The summed E-state index contributed by atoms with van der Waals surface area (Å²) < 4.78 is 5.35. The number of rotatable bonds is 7. The van der Waals surface area contributed by atoms with Crippen LogP contribution in [-0.2, 0) is 6.54 Å². The summed E-state index contributed by atoms with van der Waals surface area (Å²) in [7, 11) is 1.68. The van der Waals surface area contributed by atoms with Gasteiger partial charge in [-0.1, -0.05) is 48.5 Å². The molecule has 0 saturated heterocycles. The van der Waals surface area contributed by atoms with Gasteiger partial charge in [-0.25, -0.2) is 4.79 Å². The van der Waals surface area contributed by atoms with Gasteiger partial charge in [0.05, 0.1) is 12.7 Å². The molecule has 0 radical (unpaired) electrons. The third-order valence-electron chi connectivity index (χ3n) is 5.91. The number of ether oxygens (including phenoxy) is 1. The lowest BCUT2D eigenvalue weighted by Gasteiger charge is -2.17. The van der Waals surface area contributed by atoms with Gasteiger partial charge in [0.1, 0.15) is 5.75 Å². The highest BCUT2D eigenvalue weighted by atomic mass is 16.5. The van der Waals surface area contributed by atoms with E-state index in [4.69, 9.17) is 4.74 Å². The molecule has 0 heterocycles. The van der Waals surface area contributed by atoms with Crippen LogP contribution in [0, 0.1) is 6.92 Å². The lowest BCUT2D eigenvalue weighted by atomic mass is 9.93. The lowest BCUT2D eigenvalue weighted by Crippen LogP contribution is -2.18. The first-order chi connectivity index (χ1) is 15.5. The number of aromatic carboxylic acids is 1. The molecule has 2 N–H and O–H groups in total. The molecule has 4 aromatic carbocycles. The molecule has 0 aliphatic heterocycles. The van der Waals surface area contributed by atoms with Gasteiger partial charge in [-0.3, -0.25) is 0 Å². The van der Waals surface area contributed by atoms with E-state index in [0.29, 0.717) is 12.1 Å². The molecule has 0 aromatic heterocycles. The molecular weight excluding hydrogens is 398 g/mol. The van der Waals surface area contributed by atoms with Crippen molar-refractivity contribution in [2.24, 2.45) is 0 Å². The van der Waals surface area contributed by atoms with Gasteiger partial charge in [-0.15, -0.1) is 0 Å². The number of hydrogen-bond acceptors (Lipinski definition) is 3. The monoisotopic (exact) mass is 425 g/mol. The maximum Gasteiger partial charge on any atom is 0.335 e. The van der Waals surface area contributed by atoms with Crippen LogP contribution in [0.25, 0.3) is 21.9 Å². The highest BCUT2D eigenvalue weighted by Crippen LogP contribution is 2.32. The van der Waals surface area contributed by atoms with Gasteiger partial charge in [-0.2, -0.15) is 0 Å². The van der Waals surface area contributed by atoms with Crippen LogP contribution in [0.4, 0.5) is 0 Å². The molecule has 0 aliphatic rings. The third kappa shape index (κ3) is 4.51. The minimum absolute atomic E-state index is 0.151. The predicted octanol–water partition coefficient (Wildman–Crippen LogP) is 6.37. The van der Waals surface area contributed by atoms with Crippen molar-refractivity contribution in [1.82, 2.24) is 5.32 Å². The molecule has 0 fully saturated rings. The number of carboxylic acid groups (broad SMARTS) is 1. The quantitative estimate of drug-likeness (QED) is 0.361. The van der Waals surface area contributed by atoms with E-state index < -0.39 is 5.97 Å². The number of aryl methyl sites for hydroxylation is 1. The maximum absolute atomic E-state index is 11.7. The summed E-state index contributed by atoms with van der Waals surface area (Å²) in [5, 5.41) is 15.4. The van der Waals surface area contributed by atoms with Gasteiger partial charge in [0.15, 0.2) is 0 Å². The molecule has 0 amide bonds. The molecular formula is C28H27NO3. The van der Waals surface area contributed by atoms with E-state index in [1.807, 2.05) is 49.4 Å². The third-order valence-corrected chi connectivity index (χ3v) is 5.91. The maximum atomic E-state index is 11.7. The highest BCUT2D eigenvalue weighted by molar-refractivity contribution is 5.99. The first kappa shape index (κ1) is 21.6. The van der Waals surface area contributed by atoms with E-state index in [2.05, 4.69) is 42.6 Å². The fraction of sp³-hybridized carbons (Fsp3) is 0.179. The summed E-state index contributed by atoms with van der Waals surface area (Å²) in [6, 6.07) is 26.4. The van der Waals surface area contributed by atoms with E-state index >= 15 is 0 Å². The van der Waals surface area contributed by atoms with Crippen molar-refractivity contribution in [2.75, 3.05) is 7.11 Å². The molecule has 0 bridgehead atoms. The molecule has 4 rings (SSSR count). The number of fused-ring (bicyclic) bond motifs is 1. The van der Waals surface area contributed by atoms with Crippen molar-refractivity contribution in [1.29, 1.82) is 0 Å². The Bertz CT molecular complexity index is 1280. The normalized spacial score (nSPS) is 12.0. The molecule has 4 nitrogen and oxygen atoms in total. The number of nitrogens with one attached hydrogen (secondary N) is 1. The fourth-order valence-corrected chi connectivity index (χ4v) is 4.03. The molecule has 0 spiro atoms. The summed E-state index contributed by atoms with van der Waals surface area (Å²) in [5.41, 5.74) is 5.35. The van der Waals surface area contributed by atoms with Crippen molar-refractivity contribution in [3.05, 3.63) is 101 Å². The second-order valence-electron chi connectivity index (χ2n) is 8.08. The highest BCUT2D eigenvalue weighted by Gasteiger charge is 2.13. The summed E-state index contributed by atoms with van der Waals surface area (Å²) in [4.78, 5) is 11.7. The van der Waals surface area contributed by atoms with Crippen LogP contribution < -0.4 is 10.1 Å². The molecule has 1 unspecified atom stereocenters. The molecule has 0 saturated carbocycles. The number of benzene rings is 4. The van der Waals surface area contributed by atoms with Gasteiger partial charge in [-0.05, 0) is 82.8 Å². The van der Waals surface area contributed by atoms with Crippen LogP contribution in [0.3, 0.4) is 0 Å². The average Bonchev–Trinajstić information content (AvgIpc) is 2.82. The van der Waals surface area contributed by atoms with E-state index in [1.165, 1.54) is 0 Å². The number of hydrogen-bond donors (Lipinski definition) is 2. The number of methoxy groups -OCH3 is 1. The minimum Gasteiger partial charge on any atom is -0.497 e. The molecule has 1 atom stereocenters. The molecule has 4 heteroatoms. The summed E-state index contributed by atoms with van der Waals surface area (Å²) in [5.74, 6) is -0.0589. The summed E-state index contributed by atoms with van der Waals surface area (Å²) in [6.45, 7) is 4.65. The van der Waals surface area contributed by atoms with Crippen molar-refractivity contribution >= 4 is 16.7 Å². The first-order valence-electron chi connectivity index (χ1n) is 10.7. The Morgan fingerprint density at radius 1 is 1.00 bits per heavy atom. The fourth-order valence-electron chi connectivity index (χ4n) is 4.03. The Hall–Kier alpha value is -3.63. The van der Waals surface area contributed by atoms with Gasteiger partial charge in [0, 0.05) is 12.6 Å². The largest absolute Gasteiger partial charge is 0.497 e. The Morgan fingerprint density at radius 3 is 2.59 bits per heavy atom. The zero-order valence-electron chi connectivity index (χ0n) is 18.6. The van der Waals surface area contributed by atoms with Crippen LogP contribution in [0.5, 0.6) is 5.75 Å². The Balaban J connectivity index is 1.68. The van der Waals surface area contributed by atoms with Gasteiger partial charge in [0.25, 0.3) is 0 Å². The van der Waals surface area contributed by atoms with Crippen molar-refractivity contribution in [3.63, 3.8) is 0 Å². The molecule has 162 valence electrons. The van der Waals surface area contributed by atoms with Crippen LogP contribution in [-0.4, -0.2) is 18.2 Å². The summed E-state index contributed by atoms with van der Waals surface area (Å²) >= 11 is 0. The Morgan fingerprint density at radius 2 is 1.81 bits per heavy atom. The number of carboxylic acids is 1. The minimum atomic E-state index is -0.904. The van der Waals surface area contributed by atoms with Crippen LogP contribution in [0.1, 0.15) is 40.0 Å².